The molecule has 0 radical (unpaired) electrons. The Morgan fingerprint density at radius 1 is 0.523 bits per heavy atom. The Hall–Kier alpha value is -2.14. The zero-order valence-corrected chi connectivity index (χ0v) is 28.7. The van der Waals surface area contributed by atoms with Gasteiger partial charge in [0.25, 0.3) is 0 Å². The van der Waals surface area contributed by atoms with Crippen LogP contribution in [-0.4, -0.2) is 36.4 Å². The van der Waals surface area contributed by atoms with E-state index in [0.717, 1.165) is 64.2 Å². The van der Waals surface area contributed by atoms with Crippen LogP contribution in [0.4, 0.5) is 0 Å². The van der Waals surface area contributed by atoms with Crippen LogP contribution in [0.1, 0.15) is 168 Å². The number of unbranched alkanes of at least 4 members (excludes halogenated alkanes) is 16. The SMILES string of the molecule is CCCCCC=CCC=CCC=CCC=CCCCCCC(=O)OCC(CO)OC(=O)CCCCCCCCCCCCC. The number of ether oxygens (including phenoxy) is 2. The van der Waals surface area contributed by atoms with E-state index in [1.807, 2.05) is 0 Å². The van der Waals surface area contributed by atoms with Crippen molar-refractivity contribution in [3.05, 3.63) is 48.6 Å². The van der Waals surface area contributed by atoms with Gasteiger partial charge in [-0.3, -0.25) is 9.59 Å². The van der Waals surface area contributed by atoms with Crippen molar-refractivity contribution in [3.8, 4) is 0 Å². The fraction of sp³-hybridized carbons (Fsp3) is 0.744. The zero-order chi connectivity index (χ0) is 32.2. The molecule has 0 bridgehead atoms. The highest BCUT2D eigenvalue weighted by Crippen LogP contribution is 2.13. The molecule has 0 aromatic rings. The third kappa shape index (κ3) is 32.8. The van der Waals surface area contributed by atoms with E-state index in [4.69, 9.17) is 9.47 Å². The molecule has 0 spiro atoms. The number of esters is 2. The fourth-order valence-electron chi connectivity index (χ4n) is 4.83. The van der Waals surface area contributed by atoms with Crippen LogP contribution < -0.4 is 0 Å². The summed E-state index contributed by atoms with van der Waals surface area (Å²) in [6.07, 6.45) is 43.1. The van der Waals surface area contributed by atoms with E-state index in [1.54, 1.807) is 0 Å². The Morgan fingerprint density at radius 2 is 0.909 bits per heavy atom. The van der Waals surface area contributed by atoms with Gasteiger partial charge in [-0.1, -0.05) is 146 Å². The number of hydrogen-bond donors (Lipinski definition) is 1. The van der Waals surface area contributed by atoms with Crippen LogP contribution in [0.5, 0.6) is 0 Å². The van der Waals surface area contributed by atoms with Gasteiger partial charge in [-0.05, 0) is 57.8 Å². The van der Waals surface area contributed by atoms with Gasteiger partial charge in [0.05, 0.1) is 6.61 Å². The number of allylic oxidation sites excluding steroid dienone is 8. The van der Waals surface area contributed by atoms with E-state index in [1.165, 1.54) is 77.0 Å². The summed E-state index contributed by atoms with van der Waals surface area (Å²) in [6.45, 7) is 4.06. The minimum atomic E-state index is -0.781. The lowest BCUT2D eigenvalue weighted by Gasteiger charge is -2.15. The standard InChI is InChI=1S/C39H68O5/c1-3-5-7-9-11-13-15-16-17-18-19-20-21-22-24-25-27-29-31-33-38(41)43-36-37(35-40)44-39(42)34-32-30-28-26-23-14-12-10-8-6-4-2/h11,13,16-17,19-20,22,24,37,40H,3-10,12,14-15,18,21,23,25-36H2,1-2H3. The van der Waals surface area contributed by atoms with E-state index >= 15 is 0 Å². The molecule has 44 heavy (non-hydrogen) atoms. The Bertz CT molecular complexity index is 752. The van der Waals surface area contributed by atoms with Crippen molar-refractivity contribution in [2.45, 2.75) is 174 Å². The average Bonchev–Trinajstić information content (AvgIpc) is 3.02. The van der Waals surface area contributed by atoms with E-state index in [2.05, 4.69) is 62.5 Å². The molecule has 0 aromatic heterocycles. The van der Waals surface area contributed by atoms with E-state index in [0.29, 0.717) is 12.8 Å². The molecular formula is C39H68O5. The first-order valence-corrected chi connectivity index (χ1v) is 18.2. The molecule has 0 aromatic carbocycles. The summed E-state index contributed by atoms with van der Waals surface area (Å²) in [5, 5.41) is 9.51. The maximum atomic E-state index is 12.1. The summed E-state index contributed by atoms with van der Waals surface area (Å²) in [6, 6.07) is 0. The second-order valence-electron chi connectivity index (χ2n) is 12.0. The molecular weight excluding hydrogens is 548 g/mol. The molecule has 5 nitrogen and oxygen atoms in total. The number of carbonyl (C=O) groups is 2. The minimum Gasteiger partial charge on any atom is -0.462 e. The van der Waals surface area contributed by atoms with Crippen LogP contribution in [0.3, 0.4) is 0 Å². The lowest BCUT2D eigenvalue weighted by molar-refractivity contribution is -0.161. The van der Waals surface area contributed by atoms with Gasteiger partial charge >= 0.3 is 11.9 Å². The lowest BCUT2D eigenvalue weighted by atomic mass is 10.1. The summed E-state index contributed by atoms with van der Waals surface area (Å²) in [5.41, 5.74) is 0. The van der Waals surface area contributed by atoms with Crippen molar-refractivity contribution in [1.29, 1.82) is 0 Å². The predicted octanol–water partition coefficient (Wildman–Crippen LogP) is 11.1. The number of hydrogen-bond acceptors (Lipinski definition) is 5. The molecule has 0 amide bonds. The summed E-state index contributed by atoms with van der Waals surface area (Å²) >= 11 is 0. The first kappa shape index (κ1) is 41.9. The highest BCUT2D eigenvalue weighted by molar-refractivity contribution is 5.70. The summed E-state index contributed by atoms with van der Waals surface area (Å²) in [5.74, 6) is -0.629. The van der Waals surface area contributed by atoms with Gasteiger partial charge in [0, 0.05) is 12.8 Å². The number of rotatable bonds is 32. The Labute approximate surface area is 271 Å². The van der Waals surface area contributed by atoms with E-state index in [9.17, 15) is 14.7 Å². The van der Waals surface area contributed by atoms with Gasteiger partial charge in [0.15, 0.2) is 6.10 Å². The first-order valence-electron chi connectivity index (χ1n) is 18.2. The van der Waals surface area contributed by atoms with Crippen molar-refractivity contribution >= 4 is 11.9 Å². The monoisotopic (exact) mass is 617 g/mol. The lowest BCUT2D eigenvalue weighted by Crippen LogP contribution is -2.28. The summed E-state index contributed by atoms with van der Waals surface area (Å²) in [7, 11) is 0. The van der Waals surface area contributed by atoms with Crippen LogP contribution in [0.15, 0.2) is 48.6 Å². The largest absolute Gasteiger partial charge is 0.462 e. The van der Waals surface area contributed by atoms with Gasteiger partial charge in [0.2, 0.25) is 0 Å². The van der Waals surface area contributed by atoms with Crippen LogP contribution in [0, 0.1) is 0 Å². The first-order chi connectivity index (χ1) is 21.6. The molecule has 5 heteroatoms. The smallest absolute Gasteiger partial charge is 0.306 e. The molecule has 0 aliphatic rings. The average molecular weight is 617 g/mol. The van der Waals surface area contributed by atoms with Crippen molar-refractivity contribution in [1.82, 2.24) is 0 Å². The molecule has 0 heterocycles. The van der Waals surface area contributed by atoms with Gasteiger partial charge in [0.1, 0.15) is 6.61 Å². The third-order valence-corrected chi connectivity index (χ3v) is 7.63. The molecule has 0 fully saturated rings. The van der Waals surface area contributed by atoms with Crippen molar-refractivity contribution < 1.29 is 24.2 Å². The molecule has 254 valence electrons. The Kier molecular flexibility index (Phi) is 33.6. The molecule has 1 unspecified atom stereocenters. The van der Waals surface area contributed by atoms with Crippen molar-refractivity contribution in [3.63, 3.8) is 0 Å². The summed E-state index contributed by atoms with van der Waals surface area (Å²) in [4.78, 5) is 24.1. The molecule has 1 N–H and O–H groups in total. The van der Waals surface area contributed by atoms with E-state index < -0.39 is 6.10 Å². The number of carbonyl (C=O) groups excluding carboxylic acids is 2. The molecule has 0 saturated carbocycles. The number of aliphatic hydroxyl groups excluding tert-OH is 1. The molecule has 0 aliphatic carbocycles. The van der Waals surface area contributed by atoms with Gasteiger partial charge < -0.3 is 14.6 Å². The van der Waals surface area contributed by atoms with Gasteiger partial charge in [-0.25, -0.2) is 0 Å². The minimum absolute atomic E-state index is 0.0818. The maximum Gasteiger partial charge on any atom is 0.306 e. The third-order valence-electron chi connectivity index (χ3n) is 7.63. The Morgan fingerprint density at radius 3 is 1.41 bits per heavy atom. The Balaban J connectivity index is 3.66. The van der Waals surface area contributed by atoms with E-state index in [-0.39, 0.29) is 25.2 Å². The molecule has 0 rings (SSSR count). The highest BCUT2D eigenvalue weighted by atomic mass is 16.6. The highest BCUT2D eigenvalue weighted by Gasteiger charge is 2.16. The van der Waals surface area contributed by atoms with Crippen LogP contribution >= 0.6 is 0 Å². The van der Waals surface area contributed by atoms with Crippen molar-refractivity contribution in [2.24, 2.45) is 0 Å². The molecule has 0 aliphatic heterocycles. The van der Waals surface area contributed by atoms with Crippen LogP contribution in [0.25, 0.3) is 0 Å². The van der Waals surface area contributed by atoms with Crippen LogP contribution in [0.2, 0.25) is 0 Å². The summed E-state index contributed by atoms with van der Waals surface area (Å²) < 4.78 is 10.5. The maximum absolute atomic E-state index is 12.1. The van der Waals surface area contributed by atoms with Crippen LogP contribution in [-0.2, 0) is 19.1 Å². The number of aliphatic hydroxyl groups is 1. The zero-order valence-electron chi connectivity index (χ0n) is 28.7. The van der Waals surface area contributed by atoms with Gasteiger partial charge in [-0.15, -0.1) is 0 Å². The predicted molar refractivity (Wildman–Crippen MR) is 187 cm³/mol. The second-order valence-corrected chi connectivity index (χ2v) is 12.0. The van der Waals surface area contributed by atoms with Crippen molar-refractivity contribution in [2.75, 3.05) is 13.2 Å². The fourth-order valence-corrected chi connectivity index (χ4v) is 4.83. The molecule has 0 saturated heterocycles. The topological polar surface area (TPSA) is 72.8 Å². The van der Waals surface area contributed by atoms with Gasteiger partial charge in [-0.2, -0.15) is 0 Å². The molecule has 1 atom stereocenters. The quantitative estimate of drug-likeness (QED) is 0.0462. The normalized spacial score (nSPS) is 12.7. The second kappa shape index (κ2) is 35.3.